The molecule has 0 bridgehead atoms. The molecule has 58 valence electrons. The highest BCUT2D eigenvalue weighted by Gasteiger charge is 2.16. The average molecular weight is 173 g/mol. The van der Waals surface area contributed by atoms with Gasteiger partial charge in [0.15, 0.2) is 11.7 Å². The van der Waals surface area contributed by atoms with Gasteiger partial charge < -0.3 is 15.0 Å². The second-order valence-corrected chi connectivity index (χ2v) is 2.58. The van der Waals surface area contributed by atoms with Crippen LogP contribution < -0.4 is 5.11 Å². The second-order valence-electron chi connectivity index (χ2n) is 1.70. The lowest BCUT2D eigenvalue weighted by atomic mass is 10.5. The first kappa shape index (κ1) is 7.67. The zero-order valence-electron chi connectivity index (χ0n) is 5.16. The highest BCUT2D eigenvalue weighted by Crippen LogP contribution is 2.07. The molecule has 0 aliphatic heterocycles. The summed E-state index contributed by atoms with van der Waals surface area (Å²) in [5.74, 6) is -2.59. The first-order valence-electron chi connectivity index (χ1n) is 2.56. The molecule has 2 N–H and O–H groups in total. The number of H-pyrrole nitrogens is 1. The Bertz CT molecular complexity index is 277. The van der Waals surface area contributed by atoms with Crippen molar-refractivity contribution in [3.63, 3.8) is 0 Å². The zero-order chi connectivity index (χ0) is 8.43. The van der Waals surface area contributed by atoms with Crippen molar-refractivity contribution in [2.24, 2.45) is 0 Å². The summed E-state index contributed by atoms with van der Waals surface area (Å²) >= 11 is 0.788. The number of rotatable bonds is 2. The van der Waals surface area contributed by atoms with Gasteiger partial charge in [-0.2, -0.15) is 0 Å². The molecule has 0 amide bonds. The van der Waals surface area contributed by atoms with E-state index in [0.717, 1.165) is 11.3 Å². The molecule has 0 fully saturated rings. The summed E-state index contributed by atoms with van der Waals surface area (Å²) < 4.78 is 0. The quantitative estimate of drug-likeness (QED) is 0.585. The van der Waals surface area contributed by atoms with Gasteiger partial charge in [-0.1, -0.05) is 0 Å². The summed E-state index contributed by atoms with van der Waals surface area (Å²) in [7, 11) is 0. The van der Waals surface area contributed by atoms with Gasteiger partial charge in [0.05, 0.1) is 0 Å². The van der Waals surface area contributed by atoms with Crippen molar-refractivity contribution in [3.05, 3.63) is 16.1 Å². The van der Waals surface area contributed by atoms with E-state index < -0.39 is 11.9 Å². The maximum Gasteiger partial charge on any atom is 0.357 e. The van der Waals surface area contributed by atoms with E-state index in [-0.39, 0.29) is 10.7 Å². The molecule has 0 saturated carbocycles. The van der Waals surface area contributed by atoms with Crippen molar-refractivity contribution in [2.45, 2.75) is 0 Å². The fraction of sp³-hybridized carbons (Fsp3) is 0. The predicted molar refractivity (Wildman–Crippen MR) is 34.4 cm³/mol. The van der Waals surface area contributed by atoms with Crippen LogP contribution in [0.5, 0.6) is 0 Å². The lowest BCUT2D eigenvalue weighted by Crippen LogP contribution is -2.22. The summed E-state index contributed by atoms with van der Waals surface area (Å²) in [5, 5.41) is 19.5. The van der Waals surface area contributed by atoms with E-state index in [1.807, 2.05) is 0 Å². The van der Waals surface area contributed by atoms with Crippen LogP contribution in [-0.4, -0.2) is 22.0 Å². The summed E-state index contributed by atoms with van der Waals surface area (Å²) in [6, 6.07) is 0. The molecule has 1 aromatic heterocycles. The number of carboxylic acids is 2. The van der Waals surface area contributed by atoms with Crippen LogP contribution in [0.15, 0.2) is 5.38 Å². The van der Waals surface area contributed by atoms with Crippen LogP contribution in [0.25, 0.3) is 0 Å². The number of hydrogen-bond acceptors (Lipinski definition) is 3. The Kier molecular flexibility index (Phi) is 1.86. The lowest BCUT2D eigenvalue weighted by molar-refractivity contribution is -0.255. The van der Waals surface area contributed by atoms with Crippen molar-refractivity contribution in [1.82, 2.24) is 4.98 Å². The summed E-state index contributed by atoms with van der Waals surface area (Å²) in [6.45, 7) is 0. The Morgan fingerprint density at radius 2 is 2.27 bits per heavy atom. The molecule has 5 nitrogen and oxygen atoms in total. The van der Waals surface area contributed by atoms with Crippen molar-refractivity contribution in [1.29, 1.82) is 0 Å². The molecule has 0 saturated heterocycles. The van der Waals surface area contributed by atoms with Crippen molar-refractivity contribution in [3.8, 4) is 0 Å². The van der Waals surface area contributed by atoms with Crippen molar-refractivity contribution >= 4 is 23.3 Å². The van der Waals surface area contributed by atoms with Crippen LogP contribution in [0, 0.1) is 0 Å². The third kappa shape index (κ3) is 1.53. The standard InChI is InChI=1S/C5H3NO4S/c7-4(8)2-1-11-3(6-2)5(9)10/h1,6H,(H-,7,8,9,10). The molecular formula is C5H3NO4S. The van der Waals surface area contributed by atoms with E-state index in [2.05, 4.69) is 4.98 Å². The molecule has 0 aliphatic rings. The number of nitrogens with one attached hydrogen (secondary N) is 1. The number of aromatic amines is 1. The van der Waals surface area contributed by atoms with E-state index in [1.54, 1.807) is 0 Å². The second kappa shape index (κ2) is 2.67. The molecule has 0 aliphatic carbocycles. The highest BCUT2D eigenvalue weighted by atomic mass is 32.1. The Hall–Kier alpha value is -1.43. The van der Waals surface area contributed by atoms with Crippen LogP contribution in [0.4, 0.5) is 0 Å². The monoisotopic (exact) mass is 173 g/mol. The minimum absolute atomic E-state index is 0.144. The number of carbonyl (C=O) groups is 2. The van der Waals surface area contributed by atoms with Crippen molar-refractivity contribution in [2.75, 3.05) is 0 Å². The predicted octanol–water partition coefficient (Wildman–Crippen LogP) is -0.581. The normalized spacial score (nSPS) is 9.45. The van der Waals surface area contributed by atoms with Crippen LogP contribution in [0.3, 0.4) is 0 Å². The van der Waals surface area contributed by atoms with Crippen LogP contribution in [0.2, 0.25) is 0 Å². The number of aromatic carboxylic acids is 2. The van der Waals surface area contributed by atoms with Gasteiger partial charge in [0.1, 0.15) is 0 Å². The summed E-state index contributed by atoms with van der Waals surface area (Å²) in [6.07, 6.45) is 0. The molecular weight excluding hydrogens is 170 g/mol. The van der Waals surface area contributed by atoms with Gasteiger partial charge in [0, 0.05) is 0 Å². The van der Waals surface area contributed by atoms with E-state index in [0.29, 0.717) is 0 Å². The van der Waals surface area contributed by atoms with Gasteiger partial charge in [0.25, 0.3) is 0 Å². The maximum atomic E-state index is 10.2. The Morgan fingerprint density at radius 3 is 2.55 bits per heavy atom. The van der Waals surface area contributed by atoms with Gasteiger partial charge in [-0.3, -0.25) is 4.98 Å². The van der Waals surface area contributed by atoms with Gasteiger partial charge >= 0.3 is 11.0 Å². The van der Waals surface area contributed by atoms with Crippen LogP contribution in [-0.2, 0) is 0 Å². The van der Waals surface area contributed by atoms with Crippen LogP contribution in [0.1, 0.15) is 20.3 Å². The topological polar surface area (TPSA) is 93.2 Å². The largest absolute Gasteiger partial charge is 0.539 e. The Balaban J connectivity index is 2.99. The summed E-state index contributed by atoms with van der Waals surface area (Å²) in [4.78, 5) is 22.5. The van der Waals surface area contributed by atoms with Crippen LogP contribution >= 0.6 is 11.3 Å². The molecule has 0 unspecified atom stereocenters. The van der Waals surface area contributed by atoms with Gasteiger partial charge in [-0.15, -0.1) is 0 Å². The third-order valence-corrected chi connectivity index (χ3v) is 1.82. The molecule has 0 aromatic carbocycles. The molecule has 0 radical (unpaired) electrons. The fourth-order valence-electron chi connectivity index (χ4n) is 0.502. The average Bonchev–Trinajstić information content (AvgIpc) is 2.33. The lowest BCUT2D eigenvalue weighted by Gasteiger charge is -1.85. The first-order valence-corrected chi connectivity index (χ1v) is 3.44. The fourth-order valence-corrected chi connectivity index (χ4v) is 1.16. The smallest absolute Gasteiger partial charge is 0.357 e. The first-order chi connectivity index (χ1) is 5.11. The summed E-state index contributed by atoms with van der Waals surface area (Å²) in [5.41, 5.74) is -0.144. The minimum atomic E-state index is -1.40. The van der Waals surface area contributed by atoms with E-state index in [1.165, 1.54) is 5.38 Å². The Labute approximate surface area is 64.9 Å². The molecule has 1 rings (SSSR count). The number of hydrogen-bond donors (Lipinski definition) is 2. The molecule has 1 aromatic rings. The number of carbonyl (C=O) groups excluding carboxylic acids is 1. The van der Waals surface area contributed by atoms with Gasteiger partial charge in [-0.05, 0) is 0 Å². The van der Waals surface area contributed by atoms with E-state index in [4.69, 9.17) is 5.11 Å². The Morgan fingerprint density at radius 1 is 1.64 bits per heavy atom. The van der Waals surface area contributed by atoms with E-state index >= 15 is 0 Å². The molecule has 11 heavy (non-hydrogen) atoms. The van der Waals surface area contributed by atoms with Gasteiger partial charge in [0.2, 0.25) is 16.7 Å². The zero-order valence-corrected chi connectivity index (χ0v) is 5.97. The molecule has 0 spiro atoms. The number of aromatic nitrogens is 1. The molecule has 6 heteroatoms. The molecule has 1 heterocycles. The number of carboxylic acid groups (broad SMARTS) is 2. The highest BCUT2D eigenvalue weighted by molar-refractivity contribution is 7.11. The molecule has 0 atom stereocenters. The maximum absolute atomic E-state index is 10.2. The van der Waals surface area contributed by atoms with E-state index in [9.17, 15) is 14.7 Å². The minimum Gasteiger partial charge on any atom is -0.539 e. The van der Waals surface area contributed by atoms with Crippen molar-refractivity contribution < 1.29 is 19.8 Å². The van der Waals surface area contributed by atoms with Gasteiger partial charge in [-0.25, -0.2) is 4.79 Å². The number of thiazole rings is 1. The third-order valence-electron chi connectivity index (χ3n) is 0.959. The SMILES string of the molecule is O=C(O)c1c[s+]c(C(=O)[O-])[nH]1.